The predicted octanol–water partition coefficient (Wildman–Crippen LogP) is 1.43. The lowest BCUT2D eigenvalue weighted by atomic mass is 10.1. The van der Waals surface area contributed by atoms with Crippen LogP contribution in [0.15, 0.2) is 24.3 Å². The number of amides is 2. The molecular formula is C16H19F2N3O2. The van der Waals surface area contributed by atoms with Crippen molar-refractivity contribution in [3.63, 3.8) is 0 Å². The van der Waals surface area contributed by atoms with E-state index in [9.17, 15) is 18.4 Å². The van der Waals surface area contributed by atoms with Crippen molar-refractivity contribution in [1.29, 1.82) is 0 Å². The Balaban J connectivity index is 1.58. The van der Waals surface area contributed by atoms with Crippen LogP contribution in [0.4, 0.5) is 14.5 Å². The minimum absolute atomic E-state index is 0.101. The highest BCUT2D eigenvalue weighted by Gasteiger charge is 2.42. The molecule has 124 valence electrons. The van der Waals surface area contributed by atoms with Crippen LogP contribution in [-0.2, 0) is 16.1 Å². The molecule has 2 heterocycles. The smallest absolute Gasteiger partial charge is 0.262 e. The Morgan fingerprint density at radius 3 is 2.91 bits per heavy atom. The van der Waals surface area contributed by atoms with Crippen LogP contribution in [-0.4, -0.2) is 36.9 Å². The van der Waals surface area contributed by atoms with Gasteiger partial charge >= 0.3 is 0 Å². The zero-order chi connectivity index (χ0) is 16.4. The molecule has 2 amide bonds. The summed E-state index contributed by atoms with van der Waals surface area (Å²) in [5.41, 5.74) is 1.64. The van der Waals surface area contributed by atoms with Crippen LogP contribution >= 0.6 is 0 Å². The maximum absolute atomic E-state index is 13.1. The number of anilines is 1. The Bertz CT molecular complexity index is 621. The Morgan fingerprint density at radius 1 is 1.43 bits per heavy atom. The summed E-state index contributed by atoms with van der Waals surface area (Å²) in [7, 11) is 0. The maximum atomic E-state index is 13.1. The van der Waals surface area contributed by atoms with E-state index in [1.54, 1.807) is 4.90 Å². The summed E-state index contributed by atoms with van der Waals surface area (Å²) < 4.78 is 26.2. The summed E-state index contributed by atoms with van der Waals surface area (Å²) >= 11 is 0. The molecule has 0 spiro atoms. The van der Waals surface area contributed by atoms with Crippen molar-refractivity contribution < 1.29 is 18.4 Å². The van der Waals surface area contributed by atoms with Gasteiger partial charge in [-0.15, -0.1) is 0 Å². The molecule has 1 unspecified atom stereocenters. The number of rotatable bonds is 4. The second kappa shape index (κ2) is 6.23. The van der Waals surface area contributed by atoms with E-state index < -0.39 is 30.8 Å². The molecule has 5 nitrogen and oxygen atoms in total. The van der Waals surface area contributed by atoms with Crippen molar-refractivity contribution in [2.45, 2.75) is 37.8 Å². The van der Waals surface area contributed by atoms with E-state index in [0.29, 0.717) is 13.0 Å². The molecule has 1 aromatic rings. The summed E-state index contributed by atoms with van der Waals surface area (Å²) in [5.74, 6) is -3.15. The Hall–Kier alpha value is -2.02. The predicted molar refractivity (Wildman–Crippen MR) is 81.2 cm³/mol. The first-order valence-electron chi connectivity index (χ1n) is 7.73. The molecule has 0 bridgehead atoms. The molecule has 0 aromatic heterocycles. The number of carbonyl (C=O) groups is 2. The van der Waals surface area contributed by atoms with Gasteiger partial charge in [-0.3, -0.25) is 14.9 Å². The number of nitrogens with one attached hydrogen (secondary N) is 2. The van der Waals surface area contributed by atoms with Crippen LogP contribution in [0.2, 0.25) is 0 Å². The lowest BCUT2D eigenvalue weighted by molar-refractivity contribution is -0.123. The summed E-state index contributed by atoms with van der Waals surface area (Å²) in [6.07, 6.45) is 0.936. The van der Waals surface area contributed by atoms with Gasteiger partial charge in [0.1, 0.15) is 0 Å². The average molecular weight is 323 g/mol. The van der Waals surface area contributed by atoms with Gasteiger partial charge in [-0.25, -0.2) is 8.78 Å². The molecule has 0 aliphatic carbocycles. The summed E-state index contributed by atoms with van der Waals surface area (Å²) in [6.45, 7) is 0.492. The summed E-state index contributed by atoms with van der Waals surface area (Å²) in [4.78, 5) is 25.4. The molecule has 0 radical (unpaired) electrons. The van der Waals surface area contributed by atoms with Gasteiger partial charge in [0.25, 0.3) is 5.92 Å². The Morgan fingerprint density at radius 2 is 2.26 bits per heavy atom. The number of alkyl halides is 2. The van der Waals surface area contributed by atoms with Gasteiger partial charge in [-0.05, 0) is 24.1 Å². The van der Waals surface area contributed by atoms with Crippen molar-refractivity contribution in [3.05, 3.63) is 29.8 Å². The molecule has 23 heavy (non-hydrogen) atoms. The molecule has 2 aliphatic heterocycles. The van der Waals surface area contributed by atoms with Crippen LogP contribution in [0.5, 0.6) is 0 Å². The third-order valence-electron chi connectivity index (χ3n) is 4.19. The van der Waals surface area contributed by atoms with Crippen molar-refractivity contribution in [1.82, 2.24) is 10.6 Å². The Labute approximate surface area is 133 Å². The van der Waals surface area contributed by atoms with E-state index in [1.165, 1.54) is 0 Å². The van der Waals surface area contributed by atoms with Crippen LogP contribution < -0.4 is 15.5 Å². The fourth-order valence-corrected chi connectivity index (χ4v) is 2.97. The number of halogens is 2. The van der Waals surface area contributed by atoms with E-state index in [4.69, 9.17) is 0 Å². The first-order valence-corrected chi connectivity index (χ1v) is 7.73. The van der Waals surface area contributed by atoms with E-state index in [0.717, 1.165) is 17.7 Å². The summed E-state index contributed by atoms with van der Waals surface area (Å²) in [6, 6.07) is 6.51. The normalized spacial score (nSPS) is 23.3. The molecule has 2 fully saturated rings. The lowest BCUT2D eigenvalue weighted by Gasteiger charge is -2.17. The molecule has 1 aromatic carbocycles. The van der Waals surface area contributed by atoms with Gasteiger partial charge in [0.2, 0.25) is 11.8 Å². The van der Waals surface area contributed by atoms with Crippen molar-refractivity contribution in [2.75, 3.05) is 18.0 Å². The van der Waals surface area contributed by atoms with Crippen LogP contribution in [0.1, 0.15) is 24.8 Å². The minimum atomic E-state index is -2.82. The zero-order valence-corrected chi connectivity index (χ0v) is 12.6. The molecule has 1 atom stereocenters. The SMILES string of the molecule is O=C(NCc1cccc(N2CCCC2=O)c1)C1CC(F)(F)CN1. The maximum Gasteiger partial charge on any atom is 0.262 e. The van der Waals surface area contributed by atoms with Crippen molar-refractivity contribution >= 4 is 17.5 Å². The first-order chi connectivity index (χ1) is 10.9. The molecule has 2 N–H and O–H groups in total. The highest BCUT2D eigenvalue weighted by Crippen LogP contribution is 2.25. The first kappa shape index (κ1) is 15.9. The number of benzene rings is 1. The molecule has 2 aliphatic rings. The molecular weight excluding hydrogens is 304 g/mol. The highest BCUT2D eigenvalue weighted by molar-refractivity contribution is 5.95. The van der Waals surface area contributed by atoms with Gasteiger partial charge in [-0.2, -0.15) is 0 Å². The van der Waals surface area contributed by atoms with Gasteiger partial charge in [0.15, 0.2) is 0 Å². The van der Waals surface area contributed by atoms with Gasteiger partial charge in [0.05, 0.1) is 12.6 Å². The monoisotopic (exact) mass is 323 g/mol. The quantitative estimate of drug-likeness (QED) is 0.881. The van der Waals surface area contributed by atoms with Crippen molar-refractivity contribution in [3.8, 4) is 0 Å². The minimum Gasteiger partial charge on any atom is -0.351 e. The second-order valence-corrected chi connectivity index (χ2v) is 6.03. The van der Waals surface area contributed by atoms with Gasteiger partial charge in [-0.1, -0.05) is 12.1 Å². The van der Waals surface area contributed by atoms with Crippen LogP contribution in [0.3, 0.4) is 0 Å². The number of hydrogen-bond donors (Lipinski definition) is 2. The summed E-state index contributed by atoms with van der Waals surface area (Å²) in [5, 5.41) is 5.20. The largest absolute Gasteiger partial charge is 0.351 e. The average Bonchev–Trinajstić information content (AvgIpc) is 3.10. The van der Waals surface area contributed by atoms with E-state index in [1.807, 2.05) is 24.3 Å². The standard InChI is InChI=1S/C16H19F2N3O2/c17-16(18)8-13(20-10-16)15(23)19-9-11-3-1-4-12(7-11)21-6-2-5-14(21)22/h1,3-4,7,13,20H,2,5-6,8-10H2,(H,19,23). The number of carbonyl (C=O) groups excluding carboxylic acids is 2. The number of hydrogen-bond acceptors (Lipinski definition) is 3. The molecule has 7 heteroatoms. The van der Waals surface area contributed by atoms with Gasteiger partial charge < -0.3 is 10.2 Å². The fraction of sp³-hybridized carbons (Fsp3) is 0.500. The second-order valence-electron chi connectivity index (χ2n) is 6.03. The van der Waals surface area contributed by atoms with E-state index >= 15 is 0 Å². The van der Waals surface area contributed by atoms with Crippen molar-refractivity contribution in [2.24, 2.45) is 0 Å². The fourth-order valence-electron chi connectivity index (χ4n) is 2.97. The molecule has 2 saturated heterocycles. The third kappa shape index (κ3) is 3.67. The van der Waals surface area contributed by atoms with E-state index in [-0.39, 0.29) is 12.5 Å². The highest BCUT2D eigenvalue weighted by atomic mass is 19.3. The third-order valence-corrected chi connectivity index (χ3v) is 4.19. The zero-order valence-electron chi connectivity index (χ0n) is 12.6. The number of nitrogens with zero attached hydrogens (tertiary/aromatic N) is 1. The van der Waals surface area contributed by atoms with Crippen LogP contribution in [0.25, 0.3) is 0 Å². The van der Waals surface area contributed by atoms with E-state index in [2.05, 4.69) is 10.6 Å². The topological polar surface area (TPSA) is 61.4 Å². The Kier molecular flexibility index (Phi) is 4.30. The molecule has 3 rings (SSSR count). The lowest BCUT2D eigenvalue weighted by Crippen LogP contribution is -2.40. The molecule has 0 saturated carbocycles. The van der Waals surface area contributed by atoms with Crippen LogP contribution in [0, 0.1) is 0 Å². The van der Waals surface area contributed by atoms with Gasteiger partial charge in [0, 0.05) is 31.6 Å².